The summed E-state index contributed by atoms with van der Waals surface area (Å²) in [5.74, 6) is 0.522. The molecule has 0 radical (unpaired) electrons. The van der Waals surface area contributed by atoms with Crippen LogP contribution in [0.15, 0.2) is 10.6 Å². The van der Waals surface area contributed by atoms with Gasteiger partial charge >= 0.3 is 0 Å². The Morgan fingerprint density at radius 1 is 1.27 bits per heavy atom. The van der Waals surface area contributed by atoms with Crippen molar-refractivity contribution < 1.29 is 9.32 Å². The highest BCUT2D eigenvalue weighted by molar-refractivity contribution is 5.94. The van der Waals surface area contributed by atoms with E-state index in [1.807, 2.05) is 6.07 Å². The van der Waals surface area contributed by atoms with Gasteiger partial charge < -0.3 is 4.52 Å². The smallest absolute Gasteiger partial charge is 0.244 e. The number of likely N-dealkylation sites (tertiary alicyclic amines) is 1. The largest absolute Gasteiger partial charge is 0.338 e. The molecule has 5 heteroatoms. The van der Waals surface area contributed by atoms with Crippen molar-refractivity contribution in [1.82, 2.24) is 10.1 Å². The molecule has 2 aliphatic rings. The lowest BCUT2D eigenvalue weighted by atomic mass is 9.92. The molecule has 1 saturated carbocycles. The zero-order valence-electron chi connectivity index (χ0n) is 13.9. The third-order valence-corrected chi connectivity index (χ3v) is 4.92. The molecule has 0 aromatic carbocycles. The first kappa shape index (κ1) is 15.5. The van der Waals surface area contributed by atoms with Gasteiger partial charge in [-0.25, -0.2) is 0 Å². The summed E-state index contributed by atoms with van der Waals surface area (Å²) in [6, 6.07) is 2.43. The number of rotatable bonds is 3. The lowest BCUT2D eigenvalue weighted by Gasteiger charge is -2.29. The maximum absolute atomic E-state index is 12.6. The summed E-state index contributed by atoms with van der Waals surface area (Å²) >= 11 is 0. The summed E-state index contributed by atoms with van der Waals surface area (Å²) in [5.41, 5.74) is 0.789. The Morgan fingerprint density at radius 3 is 2.64 bits per heavy atom. The second-order valence-corrected chi connectivity index (χ2v) is 7.65. The molecule has 22 heavy (non-hydrogen) atoms. The van der Waals surface area contributed by atoms with E-state index in [4.69, 9.17) is 4.52 Å². The van der Waals surface area contributed by atoms with E-state index in [9.17, 15) is 4.79 Å². The van der Waals surface area contributed by atoms with Crippen LogP contribution in [0, 0.1) is 0 Å². The Balaban J connectivity index is 1.64. The Kier molecular flexibility index (Phi) is 4.26. The first-order valence-corrected chi connectivity index (χ1v) is 8.49. The fraction of sp³-hybridized carbons (Fsp3) is 0.765. The van der Waals surface area contributed by atoms with Gasteiger partial charge in [0.05, 0.1) is 11.7 Å². The molecule has 1 atom stereocenters. The van der Waals surface area contributed by atoms with Crippen LogP contribution in [0.1, 0.15) is 65.0 Å². The zero-order chi connectivity index (χ0) is 15.7. The van der Waals surface area contributed by atoms with Crippen LogP contribution in [-0.2, 0) is 10.2 Å². The second-order valence-electron chi connectivity index (χ2n) is 7.65. The van der Waals surface area contributed by atoms with Gasteiger partial charge in [0.25, 0.3) is 0 Å². The molecule has 122 valence electrons. The highest BCUT2D eigenvalue weighted by Crippen LogP contribution is 2.31. The maximum Gasteiger partial charge on any atom is 0.244 e. The second kappa shape index (κ2) is 6.03. The number of aromatic nitrogens is 1. The predicted octanol–water partition coefficient (Wildman–Crippen LogP) is 3.32. The van der Waals surface area contributed by atoms with Crippen molar-refractivity contribution in [2.75, 3.05) is 11.9 Å². The fourth-order valence-electron chi connectivity index (χ4n) is 3.64. The number of carbonyl (C=O) groups is 1. The number of nitrogens with zero attached hydrogens (tertiary/aromatic N) is 2. The minimum atomic E-state index is -0.0737. The average molecular weight is 305 g/mol. The van der Waals surface area contributed by atoms with Gasteiger partial charge in [0, 0.05) is 17.5 Å². The van der Waals surface area contributed by atoms with E-state index in [0.717, 1.165) is 25.1 Å². The fourth-order valence-corrected chi connectivity index (χ4v) is 3.64. The van der Waals surface area contributed by atoms with Crippen molar-refractivity contribution in [2.24, 2.45) is 0 Å². The molecule has 1 amide bonds. The van der Waals surface area contributed by atoms with Crippen LogP contribution in [0.3, 0.4) is 0 Å². The van der Waals surface area contributed by atoms with Gasteiger partial charge in [-0.15, -0.1) is 0 Å². The van der Waals surface area contributed by atoms with E-state index < -0.39 is 0 Å². The molecule has 1 aromatic rings. The van der Waals surface area contributed by atoms with E-state index in [1.165, 1.54) is 25.7 Å². The normalized spacial score (nSPS) is 24.0. The van der Waals surface area contributed by atoms with E-state index in [1.54, 1.807) is 0 Å². The number of hydrogen-bond acceptors (Lipinski definition) is 4. The summed E-state index contributed by atoms with van der Waals surface area (Å²) in [5, 5.41) is 6.98. The summed E-state index contributed by atoms with van der Waals surface area (Å²) < 4.78 is 5.28. The monoisotopic (exact) mass is 305 g/mol. The summed E-state index contributed by atoms with van der Waals surface area (Å²) in [7, 11) is 0. The molecule has 0 spiro atoms. The summed E-state index contributed by atoms with van der Waals surface area (Å²) in [6.45, 7) is 7.28. The van der Waals surface area contributed by atoms with Crippen molar-refractivity contribution in [1.29, 1.82) is 0 Å². The van der Waals surface area contributed by atoms with Crippen molar-refractivity contribution in [3.63, 3.8) is 0 Å². The Labute approximate surface area is 132 Å². The topological polar surface area (TPSA) is 58.4 Å². The molecule has 5 nitrogen and oxygen atoms in total. The van der Waals surface area contributed by atoms with Gasteiger partial charge in [-0.1, -0.05) is 38.8 Å². The van der Waals surface area contributed by atoms with Crippen LogP contribution in [-0.4, -0.2) is 34.6 Å². The molecule has 1 aromatic heterocycles. The van der Waals surface area contributed by atoms with Crippen LogP contribution in [0.2, 0.25) is 0 Å². The SMILES string of the molecule is CC(C)(C)c1cc(NC(=O)[C@@H]2CCCN2C2CCCC2)on1. The first-order valence-electron chi connectivity index (χ1n) is 8.49. The zero-order valence-corrected chi connectivity index (χ0v) is 13.9. The van der Waals surface area contributed by atoms with Crippen molar-refractivity contribution >= 4 is 11.8 Å². The minimum Gasteiger partial charge on any atom is -0.338 e. The molecule has 0 unspecified atom stereocenters. The quantitative estimate of drug-likeness (QED) is 0.930. The molecule has 2 heterocycles. The Bertz CT molecular complexity index is 526. The van der Waals surface area contributed by atoms with Gasteiger partial charge in [0.15, 0.2) is 0 Å². The number of carbonyl (C=O) groups excluding carboxylic acids is 1. The molecule has 1 N–H and O–H groups in total. The molecule has 1 aliphatic heterocycles. The summed E-state index contributed by atoms with van der Waals surface area (Å²) in [6.07, 6.45) is 7.13. The van der Waals surface area contributed by atoms with Crippen LogP contribution in [0.5, 0.6) is 0 Å². The molecule has 2 fully saturated rings. The molecule has 0 bridgehead atoms. The van der Waals surface area contributed by atoms with E-state index in [-0.39, 0.29) is 17.4 Å². The lowest BCUT2D eigenvalue weighted by molar-refractivity contribution is -0.121. The molecular formula is C17H27N3O2. The lowest BCUT2D eigenvalue weighted by Crippen LogP contribution is -2.44. The van der Waals surface area contributed by atoms with Gasteiger partial charge in [0.2, 0.25) is 11.8 Å². The summed E-state index contributed by atoms with van der Waals surface area (Å²) in [4.78, 5) is 15.0. The van der Waals surface area contributed by atoms with Gasteiger partial charge in [0.1, 0.15) is 0 Å². The van der Waals surface area contributed by atoms with Crippen molar-refractivity contribution in [3.8, 4) is 0 Å². The molecule has 1 saturated heterocycles. The van der Waals surface area contributed by atoms with E-state index >= 15 is 0 Å². The third kappa shape index (κ3) is 3.19. The van der Waals surface area contributed by atoms with E-state index in [0.29, 0.717) is 11.9 Å². The standard InChI is InChI=1S/C17H27N3O2/c1-17(2,3)14-11-15(22-19-14)18-16(21)13-9-6-10-20(13)12-7-4-5-8-12/h11-13H,4-10H2,1-3H3,(H,18,21)/t13-/m0/s1. The number of hydrogen-bond donors (Lipinski definition) is 1. The van der Waals surface area contributed by atoms with E-state index in [2.05, 4.69) is 36.1 Å². The highest BCUT2D eigenvalue weighted by Gasteiger charge is 2.36. The first-order chi connectivity index (χ1) is 10.4. The van der Waals surface area contributed by atoms with Gasteiger partial charge in [-0.05, 0) is 32.2 Å². The van der Waals surface area contributed by atoms with Gasteiger partial charge in [-0.2, -0.15) is 0 Å². The van der Waals surface area contributed by atoms with Crippen molar-refractivity contribution in [2.45, 2.75) is 76.8 Å². The van der Waals surface area contributed by atoms with Crippen LogP contribution < -0.4 is 5.32 Å². The number of amides is 1. The van der Waals surface area contributed by atoms with Crippen LogP contribution in [0.25, 0.3) is 0 Å². The third-order valence-electron chi connectivity index (χ3n) is 4.92. The van der Waals surface area contributed by atoms with Crippen LogP contribution >= 0.6 is 0 Å². The highest BCUT2D eigenvalue weighted by atomic mass is 16.5. The Morgan fingerprint density at radius 2 is 2.00 bits per heavy atom. The van der Waals surface area contributed by atoms with Crippen molar-refractivity contribution in [3.05, 3.63) is 11.8 Å². The molecular weight excluding hydrogens is 278 g/mol. The predicted molar refractivity (Wildman–Crippen MR) is 85.8 cm³/mol. The number of anilines is 1. The molecule has 1 aliphatic carbocycles. The van der Waals surface area contributed by atoms with Gasteiger partial charge in [-0.3, -0.25) is 15.0 Å². The Hall–Kier alpha value is -1.36. The van der Waals surface area contributed by atoms with Crippen LogP contribution in [0.4, 0.5) is 5.88 Å². The number of nitrogens with one attached hydrogen (secondary N) is 1. The maximum atomic E-state index is 12.6. The average Bonchev–Trinajstić information content (AvgIpc) is 3.18. The molecule has 3 rings (SSSR count). The minimum absolute atomic E-state index is 0.00807.